The van der Waals surface area contributed by atoms with Crippen molar-refractivity contribution in [3.63, 3.8) is 0 Å². The average Bonchev–Trinajstić information content (AvgIpc) is 3.40. The van der Waals surface area contributed by atoms with Crippen LogP contribution in [0.1, 0.15) is 0 Å². The maximum absolute atomic E-state index is 12.6. The van der Waals surface area contributed by atoms with Crippen LogP contribution in [-0.4, -0.2) is 61.4 Å². The summed E-state index contributed by atoms with van der Waals surface area (Å²) < 4.78 is 9.24. The quantitative estimate of drug-likeness (QED) is 0.601. The minimum atomic E-state index is 0.101. The smallest absolute Gasteiger partial charge is 0.242 e. The van der Waals surface area contributed by atoms with Crippen molar-refractivity contribution in [2.75, 3.05) is 26.3 Å². The van der Waals surface area contributed by atoms with Gasteiger partial charge >= 0.3 is 0 Å². The van der Waals surface area contributed by atoms with E-state index in [-0.39, 0.29) is 5.91 Å². The summed E-state index contributed by atoms with van der Waals surface area (Å²) in [5, 5.41) is 5.21. The van der Waals surface area contributed by atoms with Gasteiger partial charge in [0.2, 0.25) is 5.91 Å². The van der Waals surface area contributed by atoms with E-state index in [1.54, 1.807) is 0 Å². The molecule has 8 nitrogen and oxygen atoms in total. The number of rotatable bonds is 3. The normalized spacial score (nSPS) is 15.1. The molecule has 138 valence electrons. The van der Waals surface area contributed by atoms with Crippen molar-refractivity contribution in [3.8, 4) is 11.4 Å². The molecule has 8 heteroatoms. The number of nitrogens with zero attached hydrogens (tertiary/aromatic N) is 5. The predicted molar refractivity (Wildman–Crippen MR) is 101 cm³/mol. The second-order valence-corrected chi connectivity index (χ2v) is 6.79. The van der Waals surface area contributed by atoms with Crippen molar-refractivity contribution >= 4 is 27.8 Å². The van der Waals surface area contributed by atoms with E-state index in [4.69, 9.17) is 9.72 Å². The van der Waals surface area contributed by atoms with Crippen LogP contribution in [0.5, 0.6) is 0 Å². The van der Waals surface area contributed by atoms with Crippen molar-refractivity contribution in [3.05, 3.63) is 36.8 Å². The van der Waals surface area contributed by atoms with E-state index < -0.39 is 0 Å². The van der Waals surface area contributed by atoms with Crippen LogP contribution in [0.2, 0.25) is 0 Å². The lowest BCUT2D eigenvalue weighted by Gasteiger charge is -2.27. The van der Waals surface area contributed by atoms with E-state index in [9.17, 15) is 4.79 Å². The third kappa shape index (κ3) is 2.69. The van der Waals surface area contributed by atoms with E-state index in [1.807, 2.05) is 58.0 Å². The molecule has 5 rings (SSSR count). The van der Waals surface area contributed by atoms with E-state index >= 15 is 0 Å². The summed E-state index contributed by atoms with van der Waals surface area (Å²) in [5.41, 5.74) is 3.52. The van der Waals surface area contributed by atoms with Crippen LogP contribution in [0.25, 0.3) is 33.3 Å². The van der Waals surface area contributed by atoms with Gasteiger partial charge in [0.05, 0.1) is 30.1 Å². The number of aromatic nitrogens is 5. The Labute approximate surface area is 155 Å². The van der Waals surface area contributed by atoms with Gasteiger partial charge in [-0.1, -0.05) is 0 Å². The molecule has 27 heavy (non-hydrogen) atoms. The Bertz CT molecular complexity index is 1130. The van der Waals surface area contributed by atoms with Gasteiger partial charge in [-0.05, 0) is 18.2 Å². The van der Waals surface area contributed by atoms with E-state index in [0.717, 1.165) is 27.7 Å². The standard InChI is InChI=1S/C19H20N6O2/c1-23-18-13(11-21-23)10-20-19-14(18)9-15(22-19)16-3-2-4-25(16)12-17(26)24-5-7-27-8-6-24/h2-4,9-11,21H,5-8,12H2,1H3. The molecule has 1 amide bonds. The van der Waals surface area contributed by atoms with Gasteiger partial charge in [-0.15, -0.1) is 0 Å². The van der Waals surface area contributed by atoms with Crippen LogP contribution in [0.15, 0.2) is 36.8 Å². The number of amides is 1. The number of nitrogens with one attached hydrogen (secondary N) is 1. The Balaban J connectivity index is 1.50. The number of ether oxygens (including phenoxy) is 1. The van der Waals surface area contributed by atoms with Crippen molar-refractivity contribution in [2.45, 2.75) is 6.54 Å². The summed E-state index contributed by atoms with van der Waals surface area (Å²) in [6.07, 6.45) is 5.68. The van der Waals surface area contributed by atoms with Crippen molar-refractivity contribution in [1.29, 1.82) is 0 Å². The molecule has 5 heterocycles. The fourth-order valence-electron chi connectivity index (χ4n) is 3.71. The number of morpholine rings is 1. The highest BCUT2D eigenvalue weighted by atomic mass is 16.5. The Morgan fingerprint density at radius 1 is 1.33 bits per heavy atom. The third-order valence-electron chi connectivity index (χ3n) is 5.11. The molecule has 0 bridgehead atoms. The van der Waals surface area contributed by atoms with Gasteiger partial charge in [-0.2, -0.15) is 0 Å². The number of aryl methyl sites for hydroxylation is 1. The summed E-state index contributed by atoms with van der Waals surface area (Å²) >= 11 is 0. The SMILES string of the molecule is Cn1[nH]cc2cnc3nc(-c4cccn4CC(=O)N4CCOCC4)cc3c21. The summed E-state index contributed by atoms with van der Waals surface area (Å²) in [6, 6.07) is 5.98. The lowest BCUT2D eigenvalue weighted by atomic mass is 10.2. The summed E-state index contributed by atoms with van der Waals surface area (Å²) in [5.74, 6) is 0.101. The van der Waals surface area contributed by atoms with E-state index in [0.29, 0.717) is 38.5 Å². The largest absolute Gasteiger partial charge is 0.378 e. The first-order valence-electron chi connectivity index (χ1n) is 9.01. The molecule has 1 saturated heterocycles. The summed E-state index contributed by atoms with van der Waals surface area (Å²) in [4.78, 5) is 23.6. The molecule has 0 unspecified atom stereocenters. The van der Waals surface area contributed by atoms with Crippen molar-refractivity contribution in [1.82, 2.24) is 29.2 Å². The zero-order chi connectivity index (χ0) is 18.4. The zero-order valence-corrected chi connectivity index (χ0v) is 15.1. The number of aromatic amines is 1. The maximum atomic E-state index is 12.6. The Morgan fingerprint density at radius 3 is 3.04 bits per heavy atom. The van der Waals surface area contributed by atoms with Crippen molar-refractivity contribution in [2.24, 2.45) is 7.05 Å². The highest BCUT2D eigenvalue weighted by Crippen LogP contribution is 2.28. The number of carbonyl (C=O) groups is 1. The lowest BCUT2D eigenvalue weighted by molar-refractivity contribution is -0.135. The summed E-state index contributed by atoms with van der Waals surface area (Å²) in [7, 11) is 1.97. The molecule has 0 saturated carbocycles. The minimum Gasteiger partial charge on any atom is -0.378 e. The van der Waals surface area contributed by atoms with Gasteiger partial charge in [0.15, 0.2) is 5.65 Å². The van der Waals surface area contributed by atoms with Crippen LogP contribution in [-0.2, 0) is 23.1 Å². The molecule has 0 aromatic carbocycles. The molecule has 1 aliphatic rings. The van der Waals surface area contributed by atoms with E-state index in [1.165, 1.54) is 0 Å². The number of pyridine rings is 1. The zero-order valence-electron chi connectivity index (χ0n) is 15.1. The molecule has 0 spiro atoms. The summed E-state index contributed by atoms with van der Waals surface area (Å²) in [6.45, 7) is 2.82. The molecule has 1 N–H and O–H groups in total. The second kappa shape index (κ2) is 6.24. The Hall–Kier alpha value is -3.13. The first-order valence-corrected chi connectivity index (χ1v) is 9.01. The molecule has 4 aromatic rings. The maximum Gasteiger partial charge on any atom is 0.242 e. The fraction of sp³-hybridized carbons (Fsp3) is 0.316. The van der Waals surface area contributed by atoms with Crippen LogP contribution >= 0.6 is 0 Å². The number of hydrogen-bond donors (Lipinski definition) is 1. The fourth-order valence-corrected chi connectivity index (χ4v) is 3.71. The van der Waals surface area contributed by atoms with Gasteiger partial charge in [-0.3, -0.25) is 9.48 Å². The van der Waals surface area contributed by atoms with Crippen LogP contribution in [0, 0.1) is 0 Å². The molecule has 0 radical (unpaired) electrons. The van der Waals surface area contributed by atoms with Crippen LogP contribution in [0.4, 0.5) is 0 Å². The van der Waals surface area contributed by atoms with Crippen molar-refractivity contribution < 1.29 is 9.53 Å². The van der Waals surface area contributed by atoms with Gasteiger partial charge in [0.1, 0.15) is 6.54 Å². The van der Waals surface area contributed by atoms with Crippen LogP contribution < -0.4 is 0 Å². The monoisotopic (exact) mass is 364 g/mol. The molecule has 4 aromatic heterocycles. The molecular weight excluding hydrogens is 344 g/mol. The van der Waals surface area contributed by atoms with Gasteiger partial charge in [-0.25, -0.2) is 9.97 Å². The van der Waals surface area contributed by atoms with Gasteiger partial charge in [0.25, 0.3) is 0 Å². The minimum absolute atomic E-state index is 0.101. The van der Waals surface area contributed by atoms with Gasteiger partial charge in [0, 0.05) is 49.5 Å². The van der Waals surface area contributed by atoms with E-state index in [2.05, 4.69) is 10.1 Å². The molecule has 0 atom stereocenters. The topological polar surface area (TPSA) is 81.0 Å². The number of fused-ring (bicyclic) bond motifs is 3. The molecule has 0 aliphatic carbocycles. The predicted octanol–water partition coefficient (Wildman–Crippen LogP) is 1.78. The average molecular weight is 364 g/mol. The lowest BCUT2D eigenvalue weighted by Crippen LogP contribution is -2.42. The Kier molecular flexibility index (Phi) is 3.71. The van der Waals surface area contributed by atoms with Crippen LogP contribution in [0.3, 0.4) is 0 Å². The molecule has 1 fully saturated rings. The third-order valence-corrected chi connectivity index (χ3v) is 5.11. The van der Waals surface area contributed by atoms with Gasteiger partial charge < -0.3 is 19.3 Å². The second-order valence-electron chi connectivity index (χ2n) is 6.79. The number of H-pyrrole nitrogens is 1. The number of hydrogen-bond acceptors (Lipinski definition) is 4. The Morgan fingerprint density at radius 2 is 2.19 bits per heavy atom. The number of carbonyl (C=O) groups excluding carboxylic acids is 1. The molecular formula is C19H20N6O2. The first kappa shape index (κ1) is 16.1. The highest BCUT2D eigenvalue weighted by Gasteiger charge is 2.19. The molecule has 1 aliphatic heterocycles. The first-order chi connectivity index (χ1) is 13.2. The highest BCUT2D eigenvalue weighted by molar-refractivity contribution is 6.04.